The Morgan fingerprint density at radius 3 is 2.60 bits per heavy atom. The molecule has 1 saturated heterocycles. The number of likely N-dealkylation sites (tertiary alicyclic amines) is 1. The molecule has 1 aliphatic rings. The highest BCUT2D eigenvalue weighted by Crippen LogP contribution is 2.27. The van der Waals surface area contributed by atoms with Crippen molar-refractivity contribution in [1.82, 2.24) is 4.90 Å². The maximum absolute atomic E-state index is 12.4. The zero-order chi connectivity index (χ0) is 21.2. The quantitative estimate of drug-likeness (QED) is 0.464. The normalized spacial score (nSPS) is 14.7. The predicted molar refractivity (Wildman–Crippen MR) is 117 cm³/mol. The number of ether oxygens (including phenoxy) is 2. The lowest BCUT2D eigenvalue weighted by molar-refractivity contribution is -0.137. The molecule has 0 unspecified atom stereocenters. The Morgan fingerprint density at radius 1 is 1.13 bits per heavy atom. The van der Waals surface area contributed by atoms with E-state index in [-0.39, 0.29) is 12.5 Å². The molecule has 160 valence electrons. The second-order valence-corrected chi connectivity index (χ2v) is 7.37. The Morgan fingerprint density at radius 2 is 1.90 bits per heavy atom. The van der Waals surface area contributed by atoms with Gasteiger partial charge in [0.15, 0.2) is 18.1 Å². The molecule has 6 heteroatoms. The summed E-state index contributed by atoms with van der Waals surface area (Å²) >= 11 is 0. The first-order chi connectivity index (χ1) is 14.7. The van der Waals surface area contributed by atoms with Crippen LogP contribution in [0, 0.1) is 5.92 Å². The van der Waals surface area contributed by atoms with Gasteiger partial charge in [-0.3, -0.25) is 4.79 Å². The summed E-state index contributed by atoms with van der Waals surface area (Å²) in [6, 6.07) is 16.0. The van der Waals surface area contributed by atoms with Gasteiger partial charge in [0.25, 0.3) is 5.91 Å². The van der Waals surface area contributed by atoms with Gasteiger partial charge in [-0.25, -0.2) is 0 Å². The van der Waals surface area contributed by atoms with E-state index in [2.05, 4.69) is 29.4 Å². The first kappa shape index (κ1) is 21.7. The van der Waals surface area contributed by atoms with E-state index in [1.807, 2.05) is 36.1 Å². The van der Waals surface area contributed by atoms with Crippen molar-refractivity contribution >= 4 is 12.1 Å². The van der Waals surface area contributed by atoms with Crippen molar-refractivity contribution in [2.45, 2.75) is 26.2 Å². The number of rotatable bonds is 9. The van der Waals surface area contributed by atoms with Crippen LogP contribution in [0.4, 0.5) is 0 Å². The van der Waals surface area contributed by atoms with E-state index in [0.717, 1.165) is 37.9 Å². The third-order valence-corrected chi connectivity index (χ3v) is 5.29. The number of piperidine rings is 1. The van der Waals surface area contributed by atoms with E-state index in [1.165, 1.54) is 5.56 Å². The molecule has 0 radical (unpaired) electrons. The van der Waals surface area contributed by atoms with E-state index in [0.29, 0.717) is 24.0 Å². The Hall–Kier alpha value is -3.02. The summed E-state index contributed by atoms with van der Waals surface area (Å²) in [6.45, 7) is 4.00. The SMILES string of the molecule is CCOc1ccc(/C=N\OCC(=O)N2CCC(Cc3ccccc3)CC2)cc1OC. The number of hydrogen-bond acceptors (Lipinski definition) is 5. The Balaban J connectivity index is 1.41. The number of carbonyl (C=O) groups is 1. The van der Waals surface area contributed by atoms with Crippen LogP contribution < -0.4 is 9.47 Å². The standard InChI is InChI=1S/C24H30N2O4/c1-3-29-22-10-9-21(16-23(22)28-2)17-25-30-18-24(27)26-13-11-20(12-14-26)15-19-7-5-4-6-8-19/h4-10,16-17,20H,3,11-15,18H2,1-2H3/b25-17-. The highest BCUT2D eigenvalue weighted by molar-refractivity contribution is 5.81. The lowest BCUT2D eigenvalue weighted by atomic mass is 9.90. The van der Waals surface area contributed by atoms with Crippen LogP contribution in [0.5, 0.6) is 11.5 Å². The molecule has 1 aliphatic heterocycles. The highest BCUT2D eigenvalue weighted by atomic mass is 16.6. The minimum atomic E-state index is -0.0476. The molecule has 3 rings (SSSR count). The predicted octanol–water partition coefficient (Wildman–Crippen LogP) is 3.93. The molecule has 0 N–H and O–H groups in total. The number of hydrogen-bond donors (Lipinski definition) is 0. The summed E-state index contributed by atoms with van der Waals surface area (Å²) in [5.41, 5.74) is 2.18. The van der Waals surface area contributed by atoms with E-state index in [1.54, 1.807) is 13.3 Å². The van der Waals surface area contributed by atoms with E-state index < -0.39 is 0 Å². The van der Waals surface area contributed by atoms with Gasteiger partial charge in [-0.2, -0.15) is 0 Å². The summed E-state index contributed by atoms with van der Waals surface area (Å²) in [5, 5.41) is 3.93. The topological polar surface area (TPSA) is 60.4 Å². The molecule has 0 atom stereocenters. The molecule has 0 saturated carbocycles. The van der Waals surface area contributed by atoms with Crippen LogP contribution in [-0.4, -0.2) is 50.4 Å². The first-order valence-corrected chi connectivity index (χ1v) is 10.5. The van der Waals surface area contributed by atoms with Crippen LogP contribution in [0.3, 0.4) is 0 Å². The summed E-state index contributed by atoms with van der Waals surface area (Å²) in [5.74, 6) is 1.93. The van der Waals surface area contributed by atoms with Gasteiger partial charge >= 0.3 is 0 Å². The molecule has 1 heterocycles. The number of nitrogens with zero attached hydrogens (tertiary/aromatic N) is 2. The number of amides is 1. The molecule has 1 fully saturated rings. The second kappa shape index (κ2) is 11.2. The third-order valence-electron chi connectivity index (χ3n) is 5.29. The molecule has 0 aliphatic carbocycles. The van der Waals surface area contributed by atoms with Crippen LogP contribution in [-0.2, 0) is 16.1 Å². The van der Waals surface area contributed by atoms with Crippen LogP contribution >= 0.6 is 0 Å². The Bertz CT molecular complexity index is 830. The van der Waals surface area contributed by atoms with Gasteiger partial charge < -0.3 is 19.2 Å². The van der Waals surface area contributed by atoms with Gasteiger partial charge in [-0.05, 0) is 55.9 Å². The molecular formula is C24H30N2O4. The number of benzene rings is 2. The van der Waals surface area contributed by atoms with E-state index >= 15 is 0 Å². The van der Waals surface area contributed by atoms with Gasteiger partial charge in [-0.15, -0.1) is 0 Å². The van der Waals surface area contributed by atoms with Crippen LogP contribution in [0.15, 0.2) is 53.7 Å². The maximum Gasteiger partial charge on any atom is 0.263 e. The zero-order valence-electron chi connectivity index (χ0n) is 17.8. The molecule has 6 nitrogen and oxygen atoms in total. The second-order valence-electron chi connectivity index (χ2n) is 7.37. The smallest absolute Gasteiger partial charge is 0.263 e. The lowest BCUT2D eigenvalue weighted by Crippen LogP contribution is -2.40. The van der Waals surface area contributed by atoms with Crippen molar-refractivity contribution in [3.63, 3.8) is 0 Å². The van der Waals surface area contributed by atoms with Crippen molar-refractivity contribution in [1.29, 1.82) is 0 Å². The van der Waals surface area contributed by atoms with Gasteiger partial charge in [0, 0.05) is 18.7 Å². The van der Waals surface area contributed by atoms with Gasteiger partial charge in [-0.1, -0.05) is 35.5 Å². The van der Waals surface area contributed by atoms with Crippen molar-refractivity contribution in [2.75, 3.05) is 33.4 Å². The molecule has 2 aromatic carbocycles. The summed E-state index contributed by atoms with van der Waals surface area (Å²) in [4.78, 5) is 19.5. The highest BCUT2D eigenvalue weighted by Gasteiger charge is 2.23. The number of oxime groups is 1. The van der Waals surface area contributed by atoms with E-state index in [4.69, 9.17) is 14.3 Å². The third kappa shape index (κ3) is 6.24. The van der Waals surface area contributed by atoms with Crippen molar-refractivity contribution < 1.29 is 19.1 Å². The largest absolute Gasteiger partial charge is 0.493 e. The Kier molecular flexibility index (Phi) is 8.12. The van der Waals surface area contributed by atoms with Gasteiger partial charge in [0.1, 0.15) is 0 Å². The minimum absolute atomic E-state index is 0.0189. The maximum atomic E-state index is 12.4. The molecule has 2 aromatic rings. The first-order valence-electron chi connectivity index (χ1n) is 10.5. The van der Waals surface area contributed by atoms with Crippen LogP contribution in [0.2, 0.25) is 0 Å². The average molecular weight is 411 g/mol. The van der Waals surface area contributed by atoms with Gasteiger partial charge in [0.2, 0.25) is 0 Å². The van der Waals surface area contributed by atoms with Crippen LogP contribution in [0.1, 0.15) is 30.9 Å². The summed E-state index contributed by atoms with van der Waals surface area (Å²) < 4.78 is 10.8. The van der Waals surface area contributed by atoms with Crippen molar-refractivity contribution in [3.8, 4) is 11.5 Å². The van der Waals surface area contributed by atoms with Gasteiger partial charge in [0.05, 0.1) is 19.9 Å². The summed E-state index contributed by atoms with van der Waals surface area (Å²) in [6.07, 6.45) is 4.69. The monoisotopic (exact) mass is 410 g/mol. The van der Waals surface area contributed by atoms with Crippen molar-refractivity contribution in [3.05, 3.63) is 59.7 Å². The number of methoxy groups -OCH3 is 1. The molecule has 0 aromatic heterocycles. The molecule has 30 heavy (non-hydrogen) atoms. The zero-order valence-corrected chi connectivity index (χ0v) is 17.8. The van der Waals surface area contributed by atoms with Crippen molar-refractivity contribution in [2.24, 2.45) is 11.1 Å². The molecule has 1 amide bonds. The lowest BCUT2D eigenvalue weighted by Gasteiger charge is -2.31. The molecule has 0 spiro atoms. The fourth-order valence-corrected chi connectivity index (χ4v) is 3.66. The summed E-state index contributed by atoms with van der Waals surface area (Å²) in [7, 11) is 1.59. The fraction of sp³-hybridized carbons (Fsp3) is 0.417. The van der Waals surface area contributed by atoms with E-state index in [9.17, 15) is 4.79 Å². The fourth-order valence-electron chi connectivity index (χ4n) is 3.66. The minimum Gasteiger partial charge on any atom is -0.493 e. The molecular weight excluding hydrogens is 380 g/mol. The van der Waals surface area contributed by atoms with Crippen LogP contribution in [0.25, 0.3) is 0 Å². The number of carbonyl (C=O) groups excluding carboxylic acids is 1. The average Bonchev–Trinajstić information content (AvgIpc) is 2.78. The Labute approximate surface area is 178 Å². The molecule has 0 bridgehead atoms.